The minimum Gasteiger partial charge on any atom is -0.314 e. The Balaban J connectivity index is 1.37. The van der Waals surface area contributed by atoms with Crippen molar-refractivity contribution in [1.82, 2.24) is 5.32 Å². The van der Waals surface area contributed by atoms with Gasteiger partial charge in [-0.15, -0.1) is 0 Å². The summed E-state index contributed by atoms with van der Waals surface area (Å²) in [4.78, 5) is 0. The molecule has 0 aromatic rings. The molecule has 1 nitrogen and oxygen atoms in total. The molecule has 0 saturated heterocycles. The molecule has 0 heterocycles. The molecule has 0 unspecified atom stereocenters. The van der Waals surface area contributed by atoms with Crippen LogP contribution in [0.2, 0.25) is 0 Å². The fourth-order valence-corrected chi connectivity index (χ4v) is 1.63. The number of rotatable bonds is 7. The monoisotopic (exact) mass is 179 g/mol. The zero-order valence-corrected chi connectivity index (χ0v) is 8.47. The van der Waals surface area contributed by atoms with Crippen molar-refractivity contribution in [3.8, 4) is 0 Å². The molecule has 2 saturated carbocycles. The Bertz CT molecular complexity index is 166. The van der Waals surface area contributed by atoms with Crippen LogP contribution in [-0.4, -0.2) is 12.6 Å². The van der Waals surface area contributed by atoms with Crippen LogP contribution in [-0.2, 0) is 0 Å². The van der Waals surface area contributed by atoms with Crippen LogP contribution in [0.5, 0.6) is 0 Å². The highest BCUT2D eigenvalue weighted by Crippen LogP contribution is 2.33. The van der Waals surface area contributed by atoms with Crippen LogP contribution in [0.15, 0.2) is 12.2 Å². The fourth-order valence-electron chi connectivity index (χ4n) is 1.63. The minimum atomic E-state index is 0.875. The summed E-state index contributed by atoms with van der Waals surface area (Å²) in [6.45, 7) is 1.19. The van der Waals surface area contributed by atoms with Gasteiger partial charge in [0.2, 0.25) is 0 Å². The lowest BCUT2D eigenvalue weighted by Crippen LogP contribution is -2.16. The highest BCUT2D eigenvalue weighted by molar-refractivity contribution is 4.87. The zero-order chi connectivity index (χ0) is 8.93. The highest BCUT2D eigenvalue weighted by atomic mass is 14.9. The van der Waals surface area contributed by atoms with E-state index in [2.05, 4.69) is 17.5 Å². The Morgan fingerprint density at radius 3 is 2.46 bits per heavy atom. The maximum atomic E-state index is 3.52. The Morgan fingerprint density at radius 2 is 1.77 bits per heavy atom. The summed E-state index contributed by atoms with van der Waals surface area (Å²) < 4.78 is 0. The average Bonchev–Trinajstić information content (AvgIpc) is 2.99. The molecule has 74 valence electrons. The third-order valence-corrected chi connectivity index (χ3v) is 2.93. The summed E-state index contributed by atoms with van der Waals surface area (Å²) in [5, 5.41) is 3.52. The van der Waals surface area contributed by atoms with Crippen LogP contribution >= 0.6 is 0 Å². The van der Waals surface area contributed by atoms with Crippen molar-refractivity contribution in [2.75, 3.05) is 6.54 Å². The van der Waals surface area contributed by atoms with Crippen molar-refractivity contribution >= 4 is 0 Å². The molecule has 2 aliphatic carbocycles. The van der Waals surface area contributed by atoms with E-state index in [0.29, 0.717) is 0 Å². The van der Waals surface area contributed by atoms with Gasteiger partial charge in [0.1, 0.15) is 0 Å². The quantitative estimate of drug-likeness (QED) is 0.468. The first-order chi connectivity index (χ1) is 6.45. The number of hydrogen-bond acceptors (Lipinski definition) is 1. The predicted molar refractivity (Wildman–Crippen MR) is 56.7 cm³/mol. The Kier molecular flexibility index (Phi) is 3.42. The first kappa shape index (κ1) is 9.26. The summed E-state index contributed by atoms with van der Waals surface area (Å²) in [6, 6.07) is 0.875. The topological polar surface area (TPSA) is 12.0 Å². The van der Waals surface area contributed by atoms with E-state index in [-0.39, 0.29) is 0 Å². The minimum absolute atomic E-state index is 0.875. The second kappa shape index (κ2) is 4.80. The summed E-state index contributed by atoms with van der Waals surface area (Å²) in [7, 11) is 0. The normalized spacial score (nSPS) is 22.8. The molecular weight excluding hydrogens is 158 g/mol. The fraction of sp³-hybridized carbons (Fsp3) is 0.833. The molecule has 0 spiro atoms. The van der Waals surface area contributed by atoms with Gasteiger partial charge in [-0.25, -0.2) is 0 Å². The van der Waals surface area contributed by atoms with E-state index in [9.17, 15) is 0 Å². The molecule has 0 atom stereocenters. The molecule has 0 radical (unpaired) electrons. The van der Waals surface area contributed by atoms with Gasteiger partial charge in [0.15, 0.2) is 0 Å². The molecule has 1 N–H and O–H groups in total. The second-order valence-corrected chi connectivity index (χ2v) is 4.51. The zero-order valence-electron chi connectivity index (χ0n) is 8.47. The van der Waals surface area contributed by atoms with Crippen molar-refractivity contribution in [3.05, 3.63) is 12.2 Å². The van der Waals surface area contributed by atoms with Crippen molar-refractivity contribution in [2.24, 2.45) is 5.92 Å². The van der Waals surface area contributed by atoms with E-state index in [1.807, 2.05) is 0 Å². The van der Waals surface area contributed by atoms with Gasteiger partial charge in [0, 0.05) is 6.04 Å². The van der Waals surface area contributed by atoms with Crippen LogP contribution in [0.1, 0.15) is 44.9 Å². The SMILES string of the molecule is C(=CCCC1CC1)CCNC1CC1. The lowest BCUT2D eigenvalue weighted by molar-refractivity contribution is 0.687. The first-order valence-electron chi connectivity index (χ1n) is 5.83. The average molecular weight is 179 g/mol. The lowest BCUT2D eigenvalue weighted by atomic mass is 10.2. The smallest absolute Gasteiger partial charge is 0.00683 e. The molecule has 0 aromatic heterocycles. The molecule has 0 bridgehead atoms. The van der Waals surface area contributed by atoms with Crippen molar-refractivity contribution in [1.29, 1.82) is 0 Å². The Hall–Kier alpha value is -0.300. The van der Waals surface area contributed by atoms with Gasteiger partial charge in [0.05, 0.1) is 0 Å². The van der Waals surface area contributed by atoms with Crippen molar-refractivity contribution in [2.45, 2.75) is 51.0 Å². The van der Waals surface area contributed by atoms with Gasteiger partial charge < -0.3 is 5.32 Å². The Morgan fingerprint density at radius 1 is 1.00 bits per heavy atom. The maximum Gasteiger partial charge on any atom is 0.00683 e. The van der Waals surface area contributed by atoms with E-state index in [4.69, 9.17) is 0 Å². The van der Waals surface area contributed by atoms with Gasteiger partial charge in [-0.2, -0.15) is 0 Å². The Labute approximate surface area is 81.6 Å². The van der Waals surface area contributed by atoms with Crippen molar-refractivity contribution < 1.29 is 0 Å². The number of nitrogens with one attached hydrogen (secondary N) is 1. The molecule has 0 amide bonds. The molecule has 0 aliphatic heterocycles. The van der Waals surface area contributed by atoms with E-state index >= 15 is 0 Å². The van der Waals surface area contributed by atoms with Crippen LogP contribution < -0.4 is 5.32 Å². The maximum absolute atomic E-state index is 3.52. The first-order valence-corrected chi connectivity index (χ1v) is 5.83. The molecule has 2 fully saturated rings. The molecular formula is C12H21N. The molecule has 1 heteroatoms. The third-order valence-electron chi connectivity index (χ3n) is 2.93. The lowest BCUT2D eigenvalue weighted by Gasteiger charge is -1.97. The van der Waals surface area contributed by atoms with Crippen LogP contribution in [0.25, 0.3) is 0 Å². The van der Waals surface area contributed by atoms with E-state index < -0.39 is 0 Å². The predicted octanol–water partition coefficient (Wildman–Crippen LogP) is 2.87. The molecule has 13 heavy (non-hydrogen) atoms. The molecule has 0 aromatic carbocycles. The second-order valence-electron chi connectivity index (χ2n) is 4.51. The standard InChI is InChI=1S/C12H21N/c1(3-5-11-6-7-11)2-4-10-13-12-8-9-12/h1-2,11-13H,3-10H2. The molecule has 2 aliphatic rings. The van der Waals surface area contributed by atoms with Gasteiger partial charge in [-0.3, -0.25) is 0 Å². The van der Waals surface area contributed by atoms with Gasteiger partial charge in [-0.1, -0.05) is 25.0 Å². The van der Waals surface area contributed by atoms with Gasteiger partial charge in [0.25, 0.3) is 0 Å². The summed E-state index contributed by atoms with van der Waals surface area (Å²) in [6.07, 6.45) is 14.5. The summed E-state index contributed by atoms with van der Waals surface area (Å²) in [5.74, 6) is 1.09. The number of allylic oxidation sites excluding steroid dienone is 1. The summed E-state index contributed by atoms with van der Waals surface area (Å²) >= 11 is 0. The van der Waals surface area contributed by atoms with Crippen LogP contribution in [0.3, 0.4) is 0 Å². The van der Waals surface area contributed by atoms with Gasteiger partial charge in [-0.05, 0) is 44.6 Å². The highest BCUT2D eigenvalue weighted by Gasteiger charge is 2.19. The van der Waals surface area contributed by atoms with E-state index in [1.54, 1.807) is 0 Å². The third kappa shape index (κ3) is 4.47. The number of hydrogen-bond donors (Lipinski definition) is 1. The van der Waals surface area contributed by atoms with Crippen molar-refractivity contribution in [3.63, 3.8) is 0 Å². The molecule has 2 rings (SSSR count). The van der Waals surface area contributed by atoms with Crippen LogP contribution in [0, 0.1) is 5.92 Å². The van der Waals surface area contributed by atoms with Crippen LogP contribution in [0.4, 0.5) is 0 Å². The summed E-state index contributed by atoms with van der Waals surface area (Å²) in [5.41, 5.74) is 0. The van der Waals surface area contributed by atoms with Gasteiger partial charge >= 0.3 is 0 Å². The van der Waals surface area contributed by atoms with E-state index in [1.165, 1.54) is 51.5 Å². The largest absolute Gasteiger partial charge is 0.314 e. The van der Waals surface area contributed by atoms with E-state index in [0.717, 1.165) is 12.0 Å².